The van der Waals surface area contributed by atoms with Crippen molar-refractivity contribution in [3.63, 3.8) is 0 Å². The molecule has 1 aromatic carbocycles. The van der Waals surface area contributed by atoms with Gasteiger partial charge in [-0.1, -0.05) is 6.07 Å². The summed E-state index contributed by atoms with van der Waals surface area (Å²) in [5.74, 6) is -1.04. The standard InChI is InChI=1S/C14H17F3N2O4S/c1-23-9-6-11(12(18)7-9)13(20)19-8-3-2-4-10(5-8)24(21,22)14(15,16)17/h2-5,9,11-12H,6-7,18H2,1H3,(H,19,20)/t9-,11-,12+/m0/s1. The Kier molecular flexibility index (Phi) is 5.21. The molecule has 0 saturated heterocycles. The van der Waals surface area contributed by atoms with Crippen LogP contribution in [0.15, 0.2) is 29.2 Å². The number of sulfone groups is 1. The van der Waals surface area contributed by atoms with E-state index in [-0.39, 0.29) is 11.8 Å². The smallest absolute Gasteiger partial charge is 0.381 e. The van der Waals surface area contributed by atoms with Gasteiger partial charge >= 0.3 is 5.51 Å². The van der Waals surface area contributed by atoms with Crippen LogP contribution in [-0.4, -0.2) is 39.1 Å². The van der Waals surface area contributed by atoms with E-state index in [2.05, 4.69) is 5.32 Å². The van der Waals surface area contributed by atoms with Gasteiger partial charge in [0, 0.05) is 18.8 Å². The highest BCUT2D eigenvalue weighted by Gasteiger charge is 2.47. The molecule has 6 nitrogen and oxygen atoms in total. The summed E-state index contributed by atoms with van der Waals surface area (Å²) >= 11 is 0. The zero-order valence-electron chi connectivity index (χ0n) is 12.7. The molecule has 2 rings (SSSR count). The van der Waals surface area contributed by atoms with Crippen molar-refractivity contribution in [2.45, 2.75) is 35.4 Å². The quantitative estimate of drug-likeness (QED) is 0.845. The van der Waals surface area contributed by atoms with Crippen molar-refractivity contribution < 1.29 is 31.1 Å². The second-order valence-electron chi connectivity index (χ2n) is 5.57. The molecule has 3 N–H and O–H groups in total. The third kappa shape index (κ3) is 3.70. The van der Waals surface area contributed by atoms with Crippen LogP contribution >= 0.6 is 0 Å². The number of alkyl halides is 3. The molecule has 1 aliphatic carbocycles. The minimum Gasteiger partial charge on any atom is -0.381 e. The lowest BCUT2D eigenvalue weighted by Gasteiger charge is -2.15. The Morgan fingerprint density at radius 1 is 1.33 bits per heavy atom. The third-order valence-corrected chi connectivity index (χ3v) is 5.44. The number of halogens is 3. The molecule has 1 aromatic rings. The lowest BCUT2D eigenvalue weighted by Crippen LogP contribution is -2.34. The average Bonchev–Trinajstić information content (AvgIpc) is 2.87. The minimum absolute atomic E-state index is 0.0432. The number of hydrogen-bond donors (Lipinski definition) is 2. The number of methoxy groups -OCH3 is 1. The Morgan fingerprint density at radius 3 is 2.54 bits per heavy atom. The number of carbonyl (C=O) groups excluding carboxylic acids is 1. The largest absolute Gasteiger partial charge is 0.501 e. The molecule has 1 amide bonds. The van der Waals surface area contributed by atoms with E-state index in [0.717, 1.165) is 18.2 Å². The van der Waals surface area contributed by atoms with E-state index in [1.165, 1.54) is 13.2 Å². The number of anilines is 1. The van der Waals surface area contributed by atoms with Crippen molar-refractivity contribution in [2.75, 3.05) is 12.4 Å². The van der Waals surface area contributed by atoms with Crippen molar-refractivity contribution in [1.29, 1.82) is 0 Å². The van der Waals surface area contributed by atoms with Crippen molar-refractivity contribution in [3.05, 3.63) is 24.3 Å². The van der Waals surface area contributed by atoms with E-state index in [4.69, 9.17) is 10.5 Å². The molecule has 24 heavy (non-hydrogen) atoms. The fourth-order valence-electron chi connectivity index (χ4n) is 2.63. The van der Waals surface area contributed by atoms with Gasteiger partial charge in [-0.05, 0) is 31.0 Å². The van der Waals surface area contributed by atoms with Crippen LogP contribution in [0.4, 0.5) is 18.9 Å². The maximum absolute atomic E-state index is 12.6. The van der Waals surface area contributed by atoms with Gasteiger partial charge in [-0.3, -0.25) is 4.79 Å². The summed E-state index contributed by atoms with van der Waals surface area (Å²) < 4.78 is 65.7. The van der Waals surface area contributed by atoms with Gasteiger partial charge < -0.3 is 15.8 Å². The predicted molar refractivity (Wildman–Crippen MR) is 79.8 cm³/mol. The normalized spacial score (nSPS) is 24.8. The van der Waals surface area contributed by atoms with Crippen LogP contribution in [0.5, 0.6) is 0 Å². The fraction of sp³-hybridized carbons (Fsp3) is 0.500. The van der Waals surface area contributed by atoms with Crippen molar-refractivity contribution in [2.24, 2.45) is 11.7 Å². The lowest BCUT2D eigenvalue weighted by atomic mass is 10.0. The van der Waals surface area contributed by atoms with Crippen LogP contribution in [0.2, 0.25) is 0 Å². The number of nitrogens with one attached hydrogen (secondary N) is 1. The maximum Gasteiger partial charge on any atom is 0.501 e. The Bertz CT molecular complexity index is 721. The van der Waals surface area contributed by atoms with E-state index < -0.39 is 38.1 Å². The first kappa shape index (κ1) is 18.7. The summed E-state index contributed by atoms with van der Waals surface area (Å²) in [5, 5.41) is 2.42. The Hall–Kier alpha value is -1.65. The Morgan fingerprint density at radius 2 is 2.00 bits per heavy atom. The van der Waals surface area contributed by atoms with Gasteiger partial charge in [0.05, 0.1) is 16.9 Å². The molecule has 0 bridgehead atoms. The molecule has 0 aliphatic heterocycles. The van der Waals surface area contributed by atoms with Gasteiger partial charge in [-0.2, -0.15) is 13.2 Å². The van der Waals surface area contributed by atoms with E-state index in [1.54, 1.807) is 0 Å². The number of nitrogens with two attached hydrogens (primary N) is 1. The molecule has 0 heterocycles. The summed E-state index contributed by atoms with van der Waals surface area (Å²) in [6.45, 7) is 0. The van der Waals surface area contributed by atoms with Gasteiger partial charge in [0.15, 0.2) is 0 Å². The molecule has 134 valence electrons. The molecular formula is C14H17F3N2O4S. The van der Waals surface area contributed by atoms with Crippen molar-refractivity contribution in [1.82, 2.24) is 0 Å². The van der Waals surface area contributed by atoms with E-state index in [9.17, 15) is 26.4 Å². The van der Waals surface area contributed by atoms with Crippen molar-refractivity contribution >= 4 is 21.4 Å². The number of benzene rings is 1. The summed E-state index contributed by atoms with van der Waals surface area (Å²) in [6.07, 6.45) is 0.730. The molecule has 0 radical (unpaired) electrons. The molecule has 0 spiro atoms. The number of rotatable bonds is 4. The van der Waals surface area contributed by atoms with E-state index >= 15 is 0 Å². The van der Waals surface area contributed by atoms with Crippen molar-refractivity contribution in [3.8, 4) is 0 Å². The predicted octanol–water partition coefficient (Wildman–Crippen LogP) is 1.67. The number of amides is 1. The number of hydrogen-bond acceptors (Lipinski definition) is 5. The van der Waals surface area contributed by atoms with Crippen LogP contribution in [0, 0.1) is 5.92 Å². The molecule has 0 unspecified atom stereocenters. The van der Waals surface area contributed by atoms with Crippen LogP contribution in [0.3, 0.4) is 0 Å². The highest BCUT2D eigenvalue weighted by molar-refractivity contribution is 7.92. The maximum atomic E-state index is 12.6. The molecule has 1 fully saturated rings. The second kappa shape index (κ2) is 6.69. The van der Waals surface area contributed by atoms with Crippen LogP contribution < -0.4 is 11.1 Å². The average molecular weight is 366 g/mol. The molecule has 10 heteroatoms. The van der Waals surface area contributed by atoms with Crippen LogP contribution in [0.25, 0.3) is 0 Å². The summed E-state index contributed by atoms with van der Waals surface area (Å²) in [7, 11) is -3.97. The lowest BCUT2D eigenvalue weighted by molar-refractivity contribution is -0.120. The molecule has 0 aromatic heterocycles. The van der Waals surface area contributed by atoms with Gasteiger partial charge in [0.25, 0.3) is 9.84 Å². The first-order valence-electron chi connectivity index (χ1n) is 7.07. The van der Waals surface area contributed by atoms with Gasteiger partial charge in [0.1, 0.15) is 0 Å². The molecule has 1 aliphatic rings. The van der Waals surface area contributed by atoms with Crippen LogP contribution in [0.1, 0.15) is 12.8 Å². The second-order valence-corrected chi connectivity index (χ2v) is 7.51. The van der Waals surface area contributed by atoms with E-state index in [1.807, 2.05) is 0 Å². The van der Waals surface area contributed by atoms with Gasteiger partial charge in [-0.25, -0.2) is 8.42 Å². The zero-order chi connectivity index (χ0) is 18.1. The Balaban J connectivity index is 2.17. The molecule has 1 saturated carbocycles. The highest BCUT2D eigenvalue weighted by atomic mass is 32.2. The van der Waals surface area contributed by atoms with Gasteiger partial charge in [0.2, 0.25) is 5.91 Å². The summed E-state index contributed by atoms with van der Waals surface area (Å²) in [6, 6.07) is 3.59. The minimum atomic E-state index is -5.47. The number of ether oxygens (including phenoxy) is 1. The zero-order valence-corrected chi connectivity index (χ0v) is 13.5. The SMILES string of the molecule is CO[C@@H]1C[C@@H](N)[C@@H](C(=O)Nc2cccc(S(=O)(=O)C(F)(F)F)c2)C1. The van der Waals surface area contributed by atoms with Crippen LogP contribution in [-0.2, 0) is 19.4 Å². The third-order valence-electron chi connectivity index (χ3n) is 3.96. The molecule has 3 atom stereocenters. The monoisotopic (exact) mass is 366 g/mol. The number of carbonyl (C=O) groups is 1. The summed E-state index contributed by atoms with van der Waals surface area (Å²) in [4.78, 5) is 11.3. The first-order valence-corrected chi connectivity index (χ1v) is 8.55. The summed E-state index contributed by atoms with van der Waals surface area (Å²) in [5.41, 5.74) is 0.420. The molecular weight excluding hydrogens is 349 g/mol. The highest BCUT2D eigenvalue weighted by Crippen LogP contribution is 2.32. The Labute approximate surface area is 137 Å². The van der Waals surface area contributed by atoms with Gasteiger partial charge in [-0.15, -0.1) is 0 Å². The first-order chi connectivity index (χ1) is 11.1. The topological polar surface area (TPSA) is 98.5 Å². The van der Waals surface area contributed by atoms with E-state index in [0.29, 0.717) is 12.8 Å². The fourth-order valence-corrected chi connectivity index (χ4v) is 3.43.